The molecule has 0 unspecified atom stereocenters. The Bertz CT molecular complexity index is 814. The van der Waals surface area contributed by atoms with Gasteiger partial charge >= 0.3 is 0 Å². The number of benzene rings is 2. The minimum atomic E-state index is -3.51. The second-order valence-electron chi connectivity index (χ2n) is 6.44. The van der Waals surface area contributed by atoms with Crippen LogP contribution in [-0.2, 0) is 16.4 Å². The SMILES string of the molecule is COc1ccc(S(=O)(=O)NCCCc2ccc(OC(C)C)cc2)cc1C. The Morgan fingerprint density at radius 3 is 2.35 bits per heavy atom. The van der Waals surface area contributed by atoms with Gasteiger partial charge in [-0.1, -0.05) is 12.1 Å². The Morgan fingerprint density at radius 2 is 1.77 bits per heavy atom. The summed E-state index contributed by atoms with van der Waals surface area (Å²) in [6.45, 7) is 6.19. The van der Waals surface area contributed by atoms with E-state index in [2.05, 4.69) is 4.72 Å². The minimum Gasteiger partial charge on any atom is -0.496 e. The second kappa shape index (κ2) is 9.05. The van der Waals surface area contributed by atoms with Gasteiger partial charge in [-0.15, -0.1) is 0 Å². The zero-order valence-electron chi connectivity index (χ0n) is 15.8. The van der Waals surface area contributed by atoms with Gasteiger partial charge in [0.2, 0.25) is 10.0 Å². The van der Waals surface area contributed by atoms with Crippen molar-refractivity contribution >= 4 is 10.0 Å². The number of aryl methyl sites for hydroxylation is 2. The Hall–Kier alpha value is -2.05. The monoisotopic (exact) mass is 377 g/mol. The highest BCUT2D eigenvalue weighted by Crippen LogP contribution is 2.21. The molecule has 0 aliphatic carbocycles. The molecular weight excluding hydrogens is 350 g/mol. The number of hydrogen-bond acceptors (Lipinski definition) is 4. The number of ether oxygens (including phenoxy) is 2. The van der Waals surface area contributed by atoms with E-state index in [1.54, 1.807) is 25.3 Å². The third kappa shape index (κ3) is 5.75. The van der Waals surface area contributed by atoms with Crippen LogP contribution in [0.25, 0.3) is 0 Å². The number of sulfonamides is 1. The van der Waals surface area contributed by atoms with Crippen LogP contribution in [0.4, 0.5) is 0 Å². The van der Waals surface area contributed by atoms with Gasteiger partial charge in [0, 0.05) is 6.54 Å². The number of hydrogen-bond donors (Lipinski definition) is 1. The molecule has 0 heterocycles. The molecule has 26 heavy (non-hydrogen) atoms. The predicted octanol–water partition coefficient (Wildman–Crippen LogP) is 3.70. The summed E-state index contributed by atoms with van der Waals surface area (Å²) < 4.78 is 38.2. The van der Waals surface area contributed by atoms with Crippen LogP contribution in [0.1, 0.15) is 31.4 Å². The number of nitrogens with one attached hydrogen (secondary N) is 1. The van der Waals surface area contributed by atoms with Gasteiger partial charge in [-0.3, -0.25) is 0 Å². The van der Waals surface area contributed by atoms with Gasteiger partial charge in [0.1, 0.15) is 11.5 Å². The van der Waals surface area contributed by atoms with E-state index >= 15 is 0 Å². The summed E-state index contributed by atoms with van der Waals surface area (Å²) in [4.78, 5) is 0.256. The van der Waals surface area contributed by atoms with Gasteiger partial charge in [-0.05, 0) is 75.1 Å². The highest BCUT2D eigenvalue weighted by molar-refractivity contribution is 7.89. The Labute approximate surface area is 156 Å². The van der Waals surface area contributed by atoms with E-state index in [9.17, 15) is 8.42 Å². The van der Waals surface area contributed by atoms with E-state index < -0.39 is 10.0 Å². The summed E-state index contributed by atoms with van der Waals surface area (Å²) in [6, 6.07) is 12.8. The molecule has 2 rings (SSSR count). The standard InChI is InChI=1S/C20H27NO4S/c1-15(2)25-18-9-7-17(8-10-18)6-5-13-21-26(22,23)19-11-12-20(24-4)16(3)14-19/h7-12,14-15,21H,5-6,13H2,1-4H3. The molecule has 0 fully saturated rings. The van der Waals surface area contributed by atoms with Crippen molar-refractivity contribution in [2.75, 3.05) is 13.7 Å². The first-order chi connectivity index (χ1) is 12.3. The van der Waals surface area contributed by atoms with E-state index in [0.717, 1.165) is 29.7 Å². The van der Waals surface area contributed by atoms with Gasteiger partial charge in [-0.25, -0.2) is 13.1 Å². The summed E-state index contributed by atoms with van der Waals surface area (Å²) in [5, 5.41) is 0. The Kier molecular flexibility index (Phi) is 7.06. The zero-order valence-corrected chi connectivity index (χ0v) is 16.6. The van der Waals surface area contributed by atoms with Gasteiger partial charge in [-0.2, -0.15) is 0 Å². The number of rotatable bonds is 9. The van der Waals surface area contributed by atoms with Crippen LogP contribution in [0, 0.1) is 6.92 Å². The molecule has 0 aromatic heterocycles. The van der Waals surface area contributed by atoms with Crippen LogP contribution in [0.2, 0.25) is 0 Å². The van der Waals surface area contributed by atoms with E-state index in [1.807, 2.05) is 45.0 Å². The van der Waals surface area contributed by atoms with E-state index in [1.165, 1.54) is 0 Å². The fourth-order valence-corrected chi connectivity index (χ4v) is 3.77. The quantitative estimate of drug-likeness (QED) is 0.677. The average molecular weight is 378 g/mol. The molecule has 0 amide bonds. The van der Waals surface area contributed by atoms with Crippen molar-refractivity contribution in [3.8, 4) is 11.5 Å². The maximum absolute atomic E-state index is 12.4. The summed E-state index contributed by atoms with van der Waals surface area (Å²) >= 11 is 0. The minimum absolute atomic E-state index is 0.150. The van der Waals surface area contributed by atoms with Crippen molar-refractivity contribution in [1.82, 2.24) is 4.72 Å². The Morgan fingerprint density at radius 1 is 1.08 bits per heavy atom. The third-order valence-corrected chi connectivity index (χ3v) is 5.36. The third-order valence-electron chi connectivity index (χ3n) is 3.91. The molecule has 0 spiro atoms. The first-order valence-corrected chi connectivity index (χ1v) is 10.2. The fraction of sp³-hybridized carbons (Fsp3) is 0.400. The topological polar surface area (TPSA) is 64.6 Å². The lowest BCUT2D eigenvalue weighted by Gasteiger charge is -2.11. The van der Waals surface area contributed by atoms with Crippen molar-refractivity contribution in [3.63, 3.8) is 0 Å². The summed E-state index contributed by atoms with van der Waals surface area (Å²) in [5.74, 6) is 1.52. The molecule has 1 N–H and O–H groups in total. The molecule has 0 radical (unpaired) electrons. The second-order valence-corrected chi connectivity index (χ2v) is 8.21. The largest absolute Gasteiger partial charge is 0.496 e. The summed E-state index contributed by atoms with van der Waals surface area (Å²) in [5.41, 5.74) is 1.94. The molecule has 0 atom stereocenters. The highest BCUT2D eigenvalue weighted by atomic mass is 32.2. The van der Waals surface area contributed by atoms with Gasteiger partial charge in [0.25, 0.3) is 0 Å². The zero-order chi connectivity index (χ0) is 19.2. The summed E-state index contributed by atoms with van der Waals surface area (Å²) in [7, 11) is -1.94. The van der Waals surface area contributed by atoms with Crippen molar-refractivity contribution < 1.29 is 17.9 Å². The van der Waals surface area contributed by atoms with E-state index in [0.29, 0.717) is 12.3 Å². The van der Waals surface area contributed by atoms with Crippen molar-refractivity contribution in [2.24, 2.45) is 0 Å². The van der Waals surface area contributed by atoms with Gasteiger partial charge in [0.15, 0.2) is 0 Å². The van der Waals surface area contributed by atoms with Crippen LogP contribution in [-0.4, -0.2) is 28.2 Å². The lowest BCUT2D eigenvalue weighted by Crippen LogP contribution is -2.25. The molecule has 2 aromatic carbocycles. The molecule has 0 saturated heterocycles. The molecule has 2 aromatic rings. The van der Waals surface area contributed by atoms with Crippen LogP contribution in [0.3, 0.4) is 0 Å². The lowest BCUT2D eigenvalue weighted by atomic mass is 10.1. The number of methoxy groups -OCH3 is 1. The molecule has 0 saturated carbocycles. The highest BCUT2D eigenvalue weighted by Gasteiger charge is 2.14. The van der Waals surface area contributed by atoms with Crippen LogP contribution in [0.15, 0.2) is 47.4 Å². The molecule has 5 nitrogen and oxygen atoms in total. The predicted molar refractivity (Wildman–Crippen MR) is 103 cm³/mol. The molecule has 142 valence electrons. The van der Waals surface area contributed by atoms with Crippen molar-refractivity contribution in [2.45, 2.75) is 44.6 Å². The maximum atomic E-state index is 12.4. The van der Waals surface area contributed by atoms with Crippen LogP contribution >= 0.6 is 0 Å². The van der Waals surface area contributed by atoms with Gasteiger partial charge < -0.3 is 9.47 Å². The summed E-state index contributed by atoms with van der Waals surface area (Å²) in [6.07, 6.45) is 1.67. The molecule has 0 aliphatic heterocycles. The first-order valence-electron chi connectivity index (χ1n) is 8.71. The smallest absolute Gasteiger partial charge is 0.240 e. The Balaban J connectivity index is 1.85. The van der Waals surface area contributed by atoms with Crippen molar-refractivity contribution in [1.29, 1.82) is 0 Å². The molecular formula is C20H27NO4S. The maximum Gasteiger partial charge on any atom is 0.240 e. The molecule has 0 aliphatic rings. The average Bonchev–Trinajstić information content (AvgIpc) is 2.59. The van der Waals surface area contributed by atoms with Crippen LogP contribution in [0.5, 0.6) is 11.5 Å². The van der Waals surface area contributed by atoms with Crippen molar-refractivity contribution in [3.05, 3.63) is 53.6 Å². The lowest BCUT2D eigenvalue weighted by molar-refractivity contribution is 0.242. The molecule has 0 bridgehead atoms. The van der Waals surface area contributed by atoms with Crippen LogP contribution < -0.4 is 14.2 Å². The molecule has 6 heteroatoms. The first kappa shape index (κ1) is 20.3. The normalized spacial score (nSPS) is 11.6. The van der Waals surface area contributed by atoms with E-state index in [-0.39, 0.29) is 11.0 Å². The van der Waals surface area contributed by atoms with Gasteiger partial charge in [0.05, 0.1) is 18.1 Å². The fourth-order valence-electron chi connectivity index (χ4n) is 2.61. The van der Waals surface area contributed by atoms with E-state index in [4.69, 9.17) is 9.47 Å².